The van der Waals surface area contributed by atoms with Crippen LogP contribution in [0.5, 0.6) is 5.75 Å². The minimum absolute atomic E-state index is 0.280. The summed E-state index contributed by atoms with van der Waals surface area (Å²) in [6.07, 6.45) is 1.96. The van der Waals surface area contributed by atoms with Gasteiger partial charge in [-0.25, -0.2) is 4.39 Å². The third kappa shape index (κ3) is 3.72. The van der Waals surface area contributed by atoms with E-state index >= 15 is 0 Å². The van der Waals surface area contributed by atoms with Crippen molar-refractivity contribution in [1.82, 2.24) is 0 Å². The van der Waals surface area contributed by atoms with Crippen molar-refractivity contribution in [3.8, 4) is 5.75 Å². The first-order chi connectivity index (χ1) is 7.13. The summed E-state index contributed by atoms with van der Waals surface area (Å²) in [5.74, 6) is 0.362. The van der Waals surface area contributed by atoms with Crippen molar-refractivity contribution in [3.05, 3.63) is 41.2 Å². The Labute approximate surface area is 89.6 Å². The maximum Gasteiger partial charge on any atom is 0.124 e. The number of ether oxygens (including phenoxy) is 1. The van der Waals surface area contributed by atoms with Crippen molar-refractivity contribution >= 4 is 0 Å². The van der Waals surface area contributed by atoms with Crippen molar-refractivity contribution in [2.75, 3.05) is 6.61 Å². The normalized spacial score (nSPS) is 9.87. The number of halogens is 1. The highest BCUT2D eigenvalue weighted by Crippen LogP contribution is 2.19. The van der Waals surface area contributed by atoms with Crippen LogP contribution in [0.1, 0.15) is 19.4 Å². The molecule has 0 aliphatic carbocycles. The zero-order valence-electron chi connectivity index (χ0n) is 9.09. The summed E-state index contributed by atoms with van der Waals surface area (Å²) in [5, 5.41) is 0. The molecule has 0 aliphatic rings. The van der Waals surface area contributed by atoms with Crippen molar-refractivity contribution in [2.45, 2.75) is 20.4 Å². The highest BCUT2D eigenvalue weighted by molar-refractivity contribution is 5.33. The van der Waals surface area contributed by atoms with Crippen LogP contribution < -0.4 is 10.5 Å². The topological polar surface area (TPSA) is 35.2 Å². The molecule has 2 N–H and O–H groups in total. The van der Waals surface area contributed by atoms with Gasteiger partial charge in [-0.3, -0.25) is 0 Å². The van der Waals surface area contributed by atoms with E-state index in [1.54, 1.807) is 6.07 Å². The summed E-state index contributed by atoms with van der Waals surface area (Å²) in [6, 6.07) is 4.38. The first kappa shape index (κ1) is 11.7. The fourth-order valence-corrected chi connectivity index (χ4v) is 1.15. The summed E-state index contributed by atoms with van der Waals surface area (Å²) in [6.45, 7) is 4.76. The first-order valence-electron chi connectivity index (χ1n) is 4.88. The predicted molar refractivity (Wildman–Crippen MR) is 59.2 cm³/mol. The van der Waals surface area contributed by atoms with Gasteiger partial charge in [0.05, 0.1) is 0 Å². The number of allylic oxidation sites excluding steroid dienone is 1. The van der Waals surface area contributed by atoms with Crippen molar-refractivity contribution in [3.63, 3.8) is 0 Å². The molecule has 0 amide bonds. The fourth-order valence-electron chi connectivity index (χ4n) is 1.15. The van der Waals surface area contributed by atoms with E-state index in [0.717, 1.165) is 0 Å². The molecule has 0 radical (unpaired) electrons. The van der Waals surface area contributed by atoms with Gasteiger partial charge in [-0.15, -0.1) is 0 Å². The summed E-state index contributed by atoms with van der Waals surface area (Å²) in [5.41, 5.74) is 7.37. The number of rotatable bonds is 4. The largest absolute Gasteiger partial charge is 0.489 e. The molecule has 15 heavy (non-hydrogen) atoms. The van der Waals surface area contributed by atoms with Gasteiger partial charge in [-0.05, 0) is 38.1 Å². The van der Waals surface area contributed by atoms with Gasteiger partial charge in [0.25, 0.3) is 0 Å². The lowest BCUT2D eigenvalue weighted by Crippen LogP contribution is -2.03. The van der Waals surface area contributed by atoms with Crippen molar-refractivity contribution < 1.29 is 9.13 Å². The highest BCUT2D eigenvalue weighted by atomic mass is 19.1. The van der Waals surface area contributed by atoms with E-state index in [9.17, 15) is 4.39 Å². The van der Waals surface area contributed by atoms with E-state index in [0.29, 0.717) is 17.9 Å². The van der Waals surface area contributed by atoms with Crippen LogP contribution in [0.25, 0.3) is 0 Å². The maximum atomic E-state index is 12.9. The zero-order valence-corrected chi connectivity index (χ0v) is 9.09. The lowest BCUT2D eigenvalue weighted by Gasteiger charge is -2.08. The Bertz CT molecular complexity index is 357. The summed E-state index contributed by atoms with van der Waals surface area (Å²) >= 11 is 0. The molecular weight excluding hydrogens is 193 g/mol. The molecular formula is C12H16FNO. The van der Waals surface area contributed by atoms with Gasteiger partial charge in [0.2, 0.25) is 0 Å². The lowest BCUT2D eigenvalue weighted by molar-refractivity contribution is 0.357. The summed E-state index contributed by atoms with van der Waals surface area (Å²) < 4.78 is 18.3. The minimum Gasteiger partial charge on any atom is -0.489 e. The Morgan fingerprint density at radius 3 is 2.80 bits per heavy atom. The second-order valence-corrected chi connectivity index (χ2v) is 3.55. The average Bonchev–Trinajstić information content (AvgIpc) is 2.19. The van der Waals surface area contributed by atoms with Gasteiger partial charge < -0.3 is 10.5 Å². The van der Waals surface area contributed by atoms with Crippen molar-refractivity contribution in [1.29, 1.82) is 0 Å². The van der Waals surface area contributed by atoms with Crippen LogP contribution in [-0.2, 0) is 6.54 Å². The molecule has 2 nitrogen and oxygen atoms in total. The maximum absolute atomic E-state index is 12.9. The van der Waals surface area contributed by atoms with Gasteiger partial charge >= 0.3 is 0 Å². The highest BCUT2D eigenvalue weighted by Gasteiger charge is 2.02. The molecule has 0 heterocycles. The Morgan fingerprint density at radius 1 is 1.47 bits per heavy atom. The number of benzene rings is 1. The summed E-state index contributed by atoms with van der Waals surface area (Å²) in [7, 11) is 0. The summed E-state index contributed by atoms with van der Waals surface area (Å²) in [4.78, 5) is 0. The van der Waals surface area contributed by atoms with E-state index in [4.69, 9.17) is 10.5 Å². The predicted octanol–water partition coefficient (Wildman–Crippen LogP) is 2.63. The molecule has 0 saturated heterocycles. The molecule has 1 rings (SSSR count). The van der Waals surface area contributed by atoms with Crippen LogP contribution in [0.4, 0.5) is 4.39 Å². The lowest BCUT2D eigenvalue weighted by atomic mass is 10.2. The molecule has 0 aliphatic heterocycles. The molecule has 1 aromatic rings. The molecule has 1 aromatic carbocycles. The Hall–Kier alpha value is -1.35. The molecule has 0 aromatic heterocycles. The molecule has 3 heteroatoms. The van der Waals surface area contributed by atoms with Crippen LogP contribution in [0.3, 0.4) is 0 Å². The van der Waals surface area contributed by atoms with E-state index in [-0.39, 0.29) is 12.4 Å². The third-order valence-electron chi connectivity index (χ3n) is 1.97. The van der Waals surface area contributed by atoms with Crippen LogP contribution in [-0.4, -0.2) is 6.61 Å². The second-order valence-electron chi connectivity index (χ2n) is 3.55. The van der Waals surface area contributed by atoms with Gasteiger partial charge in [0, 0.05) is 12.1 Å². The van der Waals surface area contributed by atoms with E-state index < -0.39 is 0 Å². The molecule has 0 saturated carbocycles. The van der Waals surface area contributed by atoms with E-state index in [2.05, 4.69) is 0 Å². The van der Waals surface area contributed by atoms with Crippen LogP contribution in [0.2, 0.25) is 0 Å². The van der Waals surface area contributed by atoms with Crippen LogP contribution >= 0.6 is 0 Å². The van der Waals surface area contributed by atoms with Gasteiger partial charge in [-0.1, -0.05) is 5.57 Å². The van der Waals surface area contributed by atoms with Gasteiger partial charge in [0.1, 0.15) is 18.2 Å². The molecule has 0 unspecified atom stereocenters. The Kier molecular flexibility index (Phi) is 4.31. The third-order valence-corrected chi connectivity index (χ3v) is 1.97. The quantitative estimate of drug-likeness (QED) is 0.774. The van der Waals surface area contributed by atoms with Crippen LogP contribution in [0, 0.1) is 5.82 Å². The van der Waals surface area contributed by atoms with Gasteiger partial charge in [0.15, 0.2) is 0 Å². The first-order valence-corrected chi connectivity index (χ1v) is 4.88. The molecule has 0 atom stereocenters. The van der Waals surface area contributed by atoms with Crippen molar-refractivity contribution in [2.24, 2.45) is 5.73 Å². The van der Waals surface area contributed by atoms with Crippen LogP contribution in [0.15, 0.2) is 29.8 Å². The van der Waals surface area contributed by atoms with Gasteiger partial charge in [-0.2, -0.15) is 0 Å². The van der Waals surface area contributed by atoms with E-state index in [1.807, 2.05) is 19.9 Å². The molecule has 82 valence electrons. The SMILES string of the molecule is CC(C)=CCOc1ccc(F)cc1CN. The number of hydrogen-bond acceptors (Lipinski definition) is 2. The number of nitrogens with two attached hydrogens (primary N) is 1. The minimum atomic E-state index is -0.287. The zero-order chi connectivity index (χ0) is 11.3. The monoisotopic (exact) mass is 209 g/mol. The smallest absolute Gasteiger partial charge is 0.124 e. The number of hydrogen-bond donors (Lipinski definition) is 1. The average molecular weight is 209 g/mol. The Balaban J connectivity index is 2.72. The molecule has 0 bridgehead atoms. The second kappa shape index (κ2) is 5.51. The Morgan fingerprint density at radius 2 is 2.20 bits per heavy atom. The fraction of sp³-hybridized carbons (Fsp3) is 0.333. The molecule has 0 fully saturated rings. The standard InChI is InChI=1S/C12H16FNO/c1-9(2)5-6-15-12-4-3-11(13)7-10(12)8-14/h3-5,7H,6,8,14H2,1-2H3. The molecule has 0 spiro atoms. The van der Waals surface area contributed by atoms with E-state index in [1.165, 1.54) is 17.7 Å².